The molecule has 1 aliphatic rings. The monoisotopic (exact) mass is 439 g/mol. The van der Waals surface area contributed by atoms with Gasteiger partial charge in [0.2, 0.25) is 5.91 Å². The van der Waals surface area contributed by atoms with Crippen LogP contribution >= 0.6 is 11.3 Å². The van der Waals surface area contributed by atoms with Gasteiger partial charge >= 0.3 is 6.09 Å². The van der Waals surface area contributed by atoms with E-state index in [4.69, 9.17) is 0 Å². The van der Waals surface area contributed by atoms with Gasteiger partial charge in [0.25, 0.3) is 0 Å². The summed E-state index contributed by atoms with van der Waals surface area (Å²) in [5, 5.41) is 14.2. The largest absolute Gasteiger partial charge is 0.465 e. The fourth-order valence-corrected chi connectivity index (χ4v) is 4.48. The number of aromatic nitrogens is 3. The van der Waals surface area contributed by atoms with Crippen molar-refractivity contribution in [2.45, 2.75) is 39.8 Å². The number of nitrogens with zero attached hydrogens (tertiary/aromatic N) is 5. The molecule has 31 heavy (non-hydrogen) atoms. The molecule has 1 aromatic carbocycles. The Labute approximate surface area is 184 Å². The van der Waals surface area contributed by atoms with Crippen molar-refractivity contribution in [3.63, 3.8) is 0 Å². The van der Waals surface area contributed by atoms with E-state index in [1.54, 1.807) is 27.9 Å². The van der Waals surface area contributed by atoms with Crippen molar-refractivity contribution in [2.24, 2.45) is 5.92 Å². The fraction of sp³-hybridized carbons (Fsp3) is 0.364. The molecule has 2 aromatic heterocycles. The Hall–Kier alpha value is -3.20. The number of amides is 2. The topological polar surface area (TPSA) is 91.6 Å². The van der Waals surface area contributed by atoms with E-state index in [9.17, 15) is 14.7 Å². The van der Waals surface area contributed by atoms with Gasteiger partial charge in [-0.2, -0.15) is 5.10 Å². The Balaban J connectivity index is 1.69. The third-order valence-electron chi connectivity index (χ3n) is 5.26. The minimum atomic E-state index is -1.03. The van der Waals surface area contributed by atoms with Gasteiger partial charge in [0.1, 0.15) is 0 Å². The van der Waals surface area contributed by atoms with Gasteiger partial charge in [-0.05, 0) is 30.5 Å². The van der Waals surface area contributed by atoms with Gasteiger partial charge in [-0.1, -0.05) is 19.9 Å². The Morgan fingerprint density at radius 3 is 2.71 bits per heavy atom. The zero-order valence-corrected chi connectivity index (χ0v) is 18.5. The van der Waals surface area contributed by atoms with Crippen molar-refractivity contribution >= 4 is 34.7 Å². The molecule has 0 saturated carbocycles. The van der Waals surface area contributed by atoms with Gasteiger partial charge < -0.3 is 10.0 Å². The predicted octanol–water partition coefficient (Wildman–Crippen LogP) is 4.32. The first-order valence-corrected chi connectivity index (χ1v) is 11.1. The van der Waals surface area contributed by atoms with Crippen LogP contribution in [-0.2, 0) is 11.3 Å². The van der Waals surface area contributed by atoms with E-state index in [1.165, 1.54) is 4.90 Å². The van der Waals surface area contributed by atoms with Crippen LogP contribution in [0.15, 0.2) is 42.3 Å². The molecule has 3 aromatic rings. The van der Waals surface area contributed by atoms with Gasteiger partial charge in [0, 0.05) is 35.8 Å². The van der Waals surface area contributed by atoms with E-state index in [0.717, 1.165) is 16.0 Å². The Bertz CT molecular complexity index is 1090. The summed E-state index contributed by atoms with van der Waals surface area (Å²) in [5.74, 6) is 0.239. The first-order valence-electron chi connectivity index (χ1n) is 10.2. The van der Waals surface area contributed by atoms with Gasteiger partial charge in [-0.15, -0.1) is 11.3 Å². The molecule has 162 valence electrons. The molecular weight excluding hydrogens is 414 g/mol. The number of rotatable bonds is 5. The lowest BCUT2D eigenvalue weighted by molar-refractivity contribution is -0.119. The Morgan fingerprint density at radius 2 is 2.03 bits per heavy atom. The van der Waals surface area contributed by atoms with Gasteiger partial charge in [-0.3, -0.25) is 19.4 Å². The highest BCUT2D eigenvalue weighted by molar-refractivity contribution is 7.09. The second-order valence-electron chi connectivity index (χ2n) is 8.20. The Morgan fingerprint density at radius 1 is 1.23 bits per heavy atom. The van der Waals surface area contributed by atoms with E-state index in [0.29, 0.717) is 24.3 Å². The number of benzene rings is 1. The molecule has 0 aliphatic carbocycles. The second-order valence-corrected chi connectivity index (χ2v) is 9.17. The lowest BCUT2D eigenvalue weighted by atomic mass is 10.0. The summed E-state index contributed by atoms with van der Waals surface area (Å²) in [7, 11) is 0. The zero-order valence-electron chi connectivity index (χ0n) is 17.7. The molecule has 4 rings (SSSR count). The summed E-state index contributed by atoms with van der Waals surface area (Å²) in [4.78, 5) is 33.1. The highest BCUT2D eigenvalue weighted by Gasteiger charge is 2.35. The number of carbonyl (C=O) groups is 2. The van der Waals surface area contributed by atoms with Gasteiger partial charge in [0.05, 0.1) is 35.7 Å². The van der Waals surface area contributed by atoms with Crippen LogP contribution < -0.4 is 9.80 Å². The quantitative estimate of drug-likeness (QED) is 0.639. The summed E-state index contributed by atoms with van der Waals surface area (Å²) >= 11 is 1.57. The van der Waals surface area contributed by atoms with Crippen molar-refractivity contribution < 1.29 is 14.7 Å². The number of hydrogen-bond acceptors (Lipinski definition) is 5. The molecule has 8 nitrogen and oxygen atoms in total. The number of carbonyl (C=O) groups excluding carboxylic acids is 1. The second kappa shape index (κ2) is 8.50. The van der Waals surface area contributed by atoms with Crippen LogP contribution in [0.5, 0.6) is 0 Å². The standard InChI is InChI=1S/C22H25N5O3S/c1-14(2)6-21(28)27-15(3)10-26(22(29)30)20-7-16(4-5-19(20)27)17-8-24-25(11-17)12-18-9-23-13-31-18/h4-5,7-9,11,13-15H,6,10,12H2,1-3H3,(H,29,30)/t15-/m0/s1. The van der Waals surface area contributed by atoms with Crippen LogP contribution in [0.1, 0.15) is 32.1 Å². The van der Waals surface area contributed by atoms with E-state index in [2.05, 4.69) is 10.1 Å². The molecule has 0 radical (unpaired) electrons. The van der Waals surface area contributed by atoms with Crippen LogP contribution in [0.4, 0.5) is 16.2 Å². The molecule has 0 saturated heterocycles. The maximum Gasteiger partial charge on any atom is 0.411 e. The smallest absolute Gasteiger partial charge is 0.411 e. The molecule has 3 heterocycles. The molecule has 2 amide bonds. The first-order chi connectivity index (χ1) is 14.8. The summed E-state index contributed by atoms with van der Waals surface area (Å²) in [6.07, 6.45) is 4.91. The number of anilines is 2. The molecule has 9 heteroatoms. The number of thiazole rings is 1. The van der Waals surface area contributed by atoms with Crippen LogP contribution in [0.25, 0.3) is 11.1 Å². The molecule has 1 atom stereocenters. The average Bonchev–Trinajstić information content (AvgIpc) is 3.38. The first kappa shape index (κ1) is 21.0. The summed E-state index contributed by atoms with van der Waals surface area (Å²) in [6, 6.07) is 5.36. The van der Waals surface area contributed by atoms with E-state index in [-0.39, 0.29) is 24.4 Å². The SMILES string of the molecule is CC(C)CC(=O)N1c2ccc(-c3cnn(Cc4cncs4)c3)cc2N(C(=O)O)C[C@@H]1C. The molecule has 1 aliphatic heterocycles. The highest BCUT2D eigenvalue weighted by Crippen LogP contribution is 2.39. The van der Waals surface area contributed by atoms with Gasteiger partial charge in [0.15, 0.2) is 0 Å². The lowest BCUT2D eigenvalue weighted by Gasteiger charge is -2.40. The highest BCUT2D eigenvalue weighted by atomic mass is 32.1. The maximum absolute atomic E-state index is 12.9. The molecule has 0 fully saturated rings. The third kappa shape index (κ3) is 4.32. The lowest BCUT2D eigenvalue weighted by Crippen LogP contribution is -2.51. The van der Waals surface area contributed by atoms with Crippen LogP contribution in [0.2, 0.25) is 0 Å². The van der Waals surface area contributed by atoms with Crippen molar-refractivity contribution in [3.8, 4) is 11.1 Å². The molecule has 0 spiro atoms. The zero-order chi connectivity index (χ0) is 22.1. The summed E-state index contributed by atoms with van der Waals surface area (Å²) < 4.78 is 1.83. The Kier molecular flexibility index (Phi) is 5.77. The predicted molar refractivity (Wildman–Crippen MR) is 121 cm³/mol. The van der Waals surface area contributed by atoms with E-state index >= 15 is 0 Å². The molecule has 1 N–H and O–H groups in total. The molecule has 0 unspecified atom stereocenters. The molecular formula is C22H25N5O3S. The van der Waals surface area contributed by atoms with Crippen molar-refractivity contribution in [1.29, 1.82) is 0 Å². The van der Waals surface area contributed by atoms with Crippen molar-refractivity contribution in [2.75, 3.05) is 16.3 Å². The number of hydrogen-bond donors (Lipinski definition) is 1. The number of fused-ring (bicyclic) bond motifs is 1. The minimum Gasteiger partial charge on any atom is -0.465 e. The summed E-state index contributed by atoms with van der Waals surface area (Å²) in [5.41, 5.74) is 4.68. The van der Waals surface area contributed by atoms with Crippen molar-refractivity contribution in [3.05, 3.63) is 47.2 Å². The van der Waals surface area contributed by atoms with E-state index in [1.807, 2.05) is 56.0 Å². The summed E-state index contributed by atoms with van der Waals surface area (Å²) in [6.45, 7) is 6.76. The minimum absolute atomic E-state index is 0.0129. The molecule has 0 bridgehead atoms. The van der Waals surface area contributed by atoms with Crippen LogP contribution in [-0.4, -0.2) is 44.5 Å². The van der Waals surface area contributed by atoms with Crippen LogP contribution in [0, 0.1) is 5.92 Å². The van der Waals surface area contributed by atoms with Gasteiger partial charge in [-0.25, -0.2) is 4.79 Å². The van der Waals surface area contributed by atoms with E-state index < -0.39 is 6.09 Å². The van der Waals surface area contributed by atoms with Crippen molar-refractivity contribution in [1.82, 2.24) is 14.8 Å². The normalized spacial score (nSPS) is 15.9. The third-order valence-corrected chi connectivity index (χ3v) is 6.03. The number of carboxylic acid groups (broad SMARTS) is 1. The fourth-order valence-electron chi connectivity index (χ4n) is 3.89. The maximum atomic E-state index is 12.9. The van der Waals surface area contributed by atoms with Crippen LogP contribution in [0.3, 0.4) is 0 Å². The average molecular weight is 440 g/mol.